The van der Waals surface area contributed by atoms with E-state index >= 15 is 0 Å². The van der Waals surface area contributed by atoms with Gasteiger partial charge in [-0.1, -0.05) is 96.8 Å². The van der Waals surface area contributed by atoms with E-state index in [9.17, 15) is 0 Å². The Morgan fingerprint density at radius 3 is 1.12 bits per heavy atom. The molecule has 0 heterocycles. The molecule has 0 N–H and O–H groups in total. The molecule has 6 aromatic rings. The van der Waals surface area contributed by atoms with Gasteiger partial charge < -0.3 is 24.8 Å². The molecule has 0 radical (unpaired) electrons. The minimum Gasteiger partial charge on any atom is -1.00 e. The minimum absolute atomic E-state index is 0. The Morgan fingerprint density at radius 1 is 0.500 bits per heavy atom. The molecule has 0 spiro atoms. The Labute approximate surface area is 264 Å². The second kappa shape index (κ2) is 15.6. The first-order chi connectivity index (χ1) is 18.2. The molecule has 0 aliphatic heterocycles. The molecule has 0 aliphatic rings. The van der Waals surface area contributed by atoms with Crippen molar-refractivity contribution in [1.29, 1.82) is 0 Å². The van der Waals surface area contributed by atoms with Gasteiger partial charge in [-0.3, -0.25) is 0 Å². The Kier molecular flexibility index (Phi) is 13.2. The fourth-order valence-electron chi connectivity index (χ4n) is 4.94. The Morgan fingerprint density at radius 2 is 0.800 bits per heavy atom. The summed E-state index contributed by atoms with van der Waals surface area (Å²) in [6.45, 7) is 13.2. The maximum Gasteiger partial charge on any atom is -0.0398 e. The van der Waals surface area contributed by atoms with Crippen LogP contribution in [0.25, 0.3) is 43.8 Å². The summed E-state index contributed by atoms with van der Waals surface area (Å²) in [5.41, 5.74) is 10.7. The van der Waals surface area contributed by atoms with Crippen molar-refractivity contribution in [2.45, 2.75) is 40.8 Å². The van der Waals surface area contributed by atoms with Crippen LogP contribution in [0.2, 0.25) is 13.1 Å². The fourth-order valence-corrected chi connectivity index (χ4v) is 4.94. The van der Waals surface area contributed by atoms with Crippen molar-refractivity contribution in [3.05, 3.63) is 131 Å². The van der Waals surface area contributed by atoms with Crippen LogP contribution in [-0.4, -0.2) is 6.19 Å². The van der Waals surface area contributed by atoms with E-state index < -0.39 is 0 Å². The molecule has 6 rings (SSSR count). The Hall–Kier alpha value is -2.39. The number of rotatable bonds is 2. The molecule has 0 nitrogen and oxygen atoms in total. The van der Waals surface area contributed by atoms with Crippen LogP contribution in [0.5, 0.6) is 0 Å². The predicted molar refractivity (Wildman–Crippen MR) is 166 cm³/mol. The molecule has 0 saturated carbocycles. The van der Waals surface area contributed by atoms with Gasteiger partial charge in [0.1, 0.15) is 0 Å². The molecule has 6 aromatic carbocycles. The molecule has 0 aromatic heterocycles. The van der Waals surface area contributed by atoms with Crippen LogP contribution in [0.4, 0.5) is 0 Å². The van der Waals surface area contributed by atoms with Gasteiger partial charge in [0.2, 0.25) is 0 Å². The van der Waals surface area contributed by atoms with Crippen molar-refractivity contribution in [1.82, 2.24) is 0 Å². The number of aryl methyl sites for hydroxylation is 4. The summed E-state index contributed by atoms with van der Waals surface area (Å²) in [6.07, 6.45) is 0.120. The fraction of sp³-hybridized carbons (Fsp3) is 0.167. The molecule has 4 heteroatoms. The molecule has 0 unspecified atom stereocenters. The topological polar surface area (TPSA) is 0 Å². The number of hydrogen-bond acceptors (Lipinski definition) is 0. The summed E-state index contributed by atoms with van der Waals surface area (Å²) in [5.74, 6) is 0. The first-order valence-electron chi connectivity index (χ1n) is 13.2. The third-order valence-corrected chi connectivity index (χ3v) is 6.67. The normalized spacial score (nSPS) is 10.0. The van der Waals surface area contributed by atoms with Crippen LogP contribution in [0, 0.1) is 27.7 Å². The third-order valence-electron chi connectivity index (χ3n) is 6.67. The van der Waals surface area contributed by atoms with E-state index in [0.717, 1.165) is 0 Å². The molecule has 0 saturated heterocycles. The van der Waals surface area contributed by atoms with Gasteiger partial charge in [0, 0.05) is 0 Å². The van der Waals surface area contributed by atoms with E-state index in [4.69, 9.17) is 0 Å². The number of halogens is 2. The monoisotopic (exact) mass is 614 g/mol. The number of hydrogen-bond donors (Lipinski definition) is 0. The van der Waals surface area contributed by atoms with E-state index in [-0.39, 0.29) is 31.0 Å². The third kappa shape index (κ3) is 8.32. The molecule has 40 heavy (non-hydrogen) atoms. The zero-order valence-electron chi connectivity index (χ0n) is 24.1. The van der Waals surface area contributed by atoms with E-state index in [1.807, 2.05) is 0 Å². The van der Waals surface area contributed by atoms with Gasteiger partial charge in [-0.15, -0.1) is 92.3 Å². The maximum absolute atomic E-state index is 2.27. The average molecular weight is 616 g/mol. The van der Waals surface area contributed by atoms with Crippen molar-refractivity contribution in [2.24, 2.45) is 0 Å². The quantitative estimate of drug-likeness (QED) is 0.199. The van der Waals surface area contributed by atoms with Crippen molar-refractivity contribution in [2.75, 3.05) is 0 Å². The molecule has 204 valence electrons. The molecule has 0 atom stereocenters. The van der Waals surface area contributed by atoms with Crippen molar-refractivity contribution >= 4 is 27.7 Å². The number of fused-ring (bicyclic) bond motifs is 2. The minimum atomic E-state index is 0. The largest absolute Gasteiger partial charge is 1.00 e. The van der Waals surface area contributed by atoms with Gasteiger partial charge >= 0.3 is 38.5 Å². The number of benzene rings is 4. The summed E-state index contributed by atoms with van der Waals surface area (Å²) in [4.78, 5) is 0. The summed E-state index contributed by atoms with van der Waals surface area (Å²) in [6, 6.07) is 39.3. The summed E-state index contributed by atoms with van der Waals surface area (Å²) >= 11 is 2.27. The van der Waals surface area contributed by atoms with Gasteiger partial charge in [-0.2, -0.15) is 0 Å². The maximum atomic E-state index is 2.27. The van der Waals surface area contributed by atoms with Crippen LogP contribution >= 0.6 is 0 Å². The summed E-state index contributed by atoms with van der Waals surface area (Å²) < 4.78 is 0. The SMILES string of the molecule is C[Si](C)=[Ti+2].Cc1ccc(-c2c(C)[cH-]c3ccccc23)cc1.Cc1ccc(-c2c(C)[cH-]c3ccccc23)cc1.[Cl-].[Cl-]. The van der Waals surface area contributed by atoms with Gasteiger partial charge in [-0.25, -0.2) is 0 Å². The van der Waals surface area contributed by atoms with Gasteiger partial charge in [0.15, 0.2) is 0 Å². The van der Waals surface area contributed by atoms with Crippen LogP contribution in [-0.2, 0) is 19.2 Å². The predicted octanol–water partition coefficient (Wildman–Crippen LogP) is 4.48. The molecule has 0 bridgehead atoms. The first kappa shape index (κ1) is 33.8. The first-order valence-corrected chi connectivity index (χ1v) is 18.0. The smallest absolute Gasteiger partial charge is 0.0398 e. The standard InChI is InChI=1S/2C17H15.C2H6Si.2ClH.Ti/c2*1-12-7-9-14(10-8-12)17-13(2)11-15-5-3-4-6-16(15)17;1-3-2;;;/h2*3-11H,1-2H3;1-2H3;2*1H;/q2*-1;;;;+2/p-2. The molecule has 0 fully saturated rings. The zero-order chi connectivity index (χ0) is 27.2. The molecule has 0 amide bonds. The van der Waals surface area contributed by atoms with Crippen LogP contribution < -0.4 is 24.8 Å². The molecular weight excluding hydrogens is 579 g/mol. The van der Waals surface area contributed by atoms with Crippen molar-refractivity contribution < 1.29 is 44.0 Å². The second-order valence-corrected chi connectivity index (χ2v) is 17.0. The van der Waals surface area contributed by atoms with Crippen LogP contribution in [0.1, 0.15) is 22.3 Å². The van der Waals surface area contributed by atoms with E-state index in [1.165, 1.54) is 66.1 Å². The van der Waals surface area contributed by atoms with Crippen molar-refractivity contribution in [3.63, 3.8) is 0 Å². The van der Waals surface area contributed by atoms with Gasteiger partial charge in [0.25, 0.3) is 0 Å². The second-order valence-electron chi connectivity index (χ2n) is 10.3. The Bertz CT molecular complexity index is 1550. The summed E-state index contributed by atoms with van der Waals surface area (Å²) in [5, 5.41) is 5.38. The van der Waals surface area contributed by atoms with Crippen LogP contribution in [0.3, 0.4) is 0 Å². The zero-order valence-corrected chi connectivity index (χ0v) is 28.2. The average Bonchev–Trinajstić information content (AvgIpc) is 3.40. The van der Waals surface area contributed by atoms with E-state index in [0.29, 0.717) is 0 Å². The van der Waals surface area contributed by atoms with Gasteiger partial charge in [0.05, 0.1) is 0 Å². The Balaban J connectivity index is 0.000000237. The van der Waals surface area contributed by atoms with Crippen molar-refractivity contribution in [3.8, 4) is 22.3 Å². The van der Waals surface area contributed by atoms with Crippen LogP contribution in [0.15, 0.2) is 109 Å². The van der Waals surface area contributed by atoms with E-state index in [2.05, 4.69) is 169 Å². The van der Waals surface area contributed by atoms with E-state index in [1.54, 1.807) is 0 Å². The summed E-state index contributed by atoms with van der Waals surface area (Å²) in [7, 11) is 0. The molecule has 0 aliphatic carbocycles. The van der Waals surface area contributed by atoms with Gasteiger partial charge in [-0.05, 0) is 13.8 Å². The molecular formula is C36H36Cl2SiTi-2.